The van der Waals surface area contributed by atoms with Gasteiger partial charge in [0.1, 0.15) is 11.6 Å². The maximum Gasteiger partial charge on any atom is 0.148 e. The van der Waals surface area contributed by atoms with Crippen LogP contribution >= 0.6 is 11.9 Å². The summed E-state index contributed by atoms with van der Waals surface area (Å²) in [5, 5.41) is 0. The number of nitrogens with zero attached hydrogens (tertiary/aromatic N) is 2. The number of hydrogen-bond acceptors (Lipinski definition) is 4. The van der Waals surface area contributed by atoms with E-state index in [1.807, 2.05) is 26.0 Å². The molecule has 0 bridgehead atoms. The first-order valence-electron chi connectivity index (χ1n) is 6.86. The summed E-state index contributed by atoms with van der Waals surface area (Å²) in [7, 11) is 0. The van der Waals surface area contributed by atoms with E-state index in [1.165, 1.54) is 11.1 Å². The van der Waals surface area contributed by atoms with Crippen LogP contribution in [0.3, 0.4) is 0 Å². The maximum absolute atomic E-state index is 5.68. The zero-order chi connectivity index (χ0) is 13.9. The third-order valence-corrected chi connectivity index (χ3v) is 3.82. The van der Waals surface area contributed by atoms with Crippen molar-refractivity contribution in [1.82, 2.24) is 4.90 Å². The molecule has 104 valence electrons. The second-order valence-electron chi connectivity index (χ2n) is 5.05. The molecular weight excluding hydrogens is 268 g/mol. The molecule has 4 heteroatoms. The Morgan fingerprint density at radius 2 is 2.05 bits per heavy atom. The topological polar surface area (TPSA) is 24.8 Å². The molecule has 1 aromatic rings. The predicted octanol–water partition coefficient (Wildman–Crippen LogP) is 3.75. The molecule has 20 heavy (non-hydrogen) atoms. The number of allylic oxidation sites excluding steroid dienone is 2. The second-order valence-corrected chi connectivity index (χ2v) is 5.90. The van der Waals surface area contributed by atoms with Crippen LogP contribution in [0.25, 0.3) is 5.57 Å². The molecule has 0 aromatic heterocycles. The van der Waals surface area contributed by atoms with Gasteiger partial charge in [0.15, 0.2) is 0 Å². The molecule has 0 radical (unpaired) electrons. The van der Waals surface area contributed by atoms with E-state index < -0.39 is 0 Å². The predicted molar refractivity (Wildman–Crippen MR) is 85.9 cm³/mol. The normalized spacial score (nSPS) is 17.6. The molecule has 2 heterocycles. The fraction of sp³-hybridized carbons (Fsp3) is 0.312. The molecule has 0 amide bonds. The minimum Gasteiger partial charge on any atom is -0.491 e. The minimum atomic E-state index is 0.201. The van der Waals surface area contributed by atoms with Gasteiger partial charge in [0.2, 0.25) is 0 Å². The van der Waals surface area contributed by atoms with E-state index in [-0.39, 0.29) is 6.10 Å². The number of amidine groups is 1. The van der Waals surface area contributed by atoms with Crippen molar-refractivity contribution >= 4 is 23.4 Å². The van der Waals surface area contributed by atoms with E-state index >= 15 is 0 Å². The molecule has 3 rings (SSSR count). The van der Waals surface area contributed by atoms with Gasteiger partial charge in [-0.1, -0.05) is 12.1 Å². The molecule has 2 aliphatic rings. The number of hydrogen-bond donors (Lipinski definition) is 0. The largest absolute Gasteiger partial charge is 0.491 e. The smallest absolute Gasteiger partial charge is 0.148 e. The summed E-state index contributed by atoms with van der Waals surface area (Å²) < 4.78 is 10.3. The van der Waals surface area contributed by atoms with Gasteiger partial charge >= 0.3 is 0 Å². The van der Waals surface area contributed by atoms with Crippen LogP contribution in [-0.2, 0) is 0 Å². The van der Waals surface area contributed by atoms with Gasteiger partial charge in [0, 0.05) is 24.1 Å². The quantitative estimate of drug-likeness (QED) is 0.791. The summed E-state index contributed by atoms with van der Waals surface area (Å²) in [5.74, 6) is 3.01. The number of ether oxygens (including phenoxy) is 1. The molecule has 0 saturated carbocycles. The van der Waals surface area contributed by atoms with Crippen LogP contribution in [0.1, 0.15) is 19.4 Å². The number of fused-ring (bicyclic) bond motifs is 1. The molecule has 1 aromatic carbocycles. The molecule has 2 aliphatic heterocycles. The van der Waals surface area contributed by atoms with E-state index in [0.29, 0.717) is 0 Å². The van der Waals surface area contributed by atoms with Crippen molar-refractivity contribution in [1.29, 1.82) is 0 Å². The van der Waals surface area contributed by atoms with Gasteiger partial charge in [0.05, 0.1) is 6.10 Å². The standard InChI is InChI=1S/C16H18N2OS/c1-12(2)19-14-7-5-13(6-8-14)15-4-3-9-18-10-11-20-17-16(15)18/h3-9,12H,10-11H2,1-2H3. The van der Waals surface area contributed by atoms with Crippen LogP contribution in [-0.4, -0.2) is 29.1 Å². The molecule has 0 atom stereocenters. The lowest BCUT2D eigenvalue weighted by atomic mass is 10.0. The third-order valence-electron chi connectivity index (χ3n) is 3.15. The van der Waals surface area contributed by atoms with Crippen molar-refractivity contribution in [3.05, 3.63) is 48.2 Å². The van der Waals surface area contributed by atoms with Crippen molar-refractivity contribution in [2.24, 2.45) is 4.40 Å². The Hall–Kier alpha value is -1.68. The van der Waals surface area contributed by atoms with Gasteiger partial charge in [-0.05, 0) is 55.6 Å². The maximum atomic E-state index is 5.68. The van der Waals surface area contributed by atoms with Crippen molar-refractivity contribution in [3.8, 4) is 5.75 Å². The summed E-state index contributed by atoms with van der Waals surface area (Å²) in [6.45, 7) is 5.09. The highest BCUT2D eigenvalue weighted by molar-refractivity contribution is 7.98. The number of rotatable bonds is 3. The summed E-state index contributed by atoms with van der Waals surface area (Å²) >= 11 is 1.64. The van der Waals surface area contributed by atoms with Gasteiger partial charge < -0.3 is 9.64 Å². The van der Waals surface area contributed by atoms with Crippen LogP contribution < -0.4 is 4.74 Å². The molecule has 0 fully saturated rings. The fourth-order valence-corrected chi connectivity index (χ4v) is 2.98. The molecule has 0 aliphatic carbocycles. The molecule has 0 saturated heterocycles. The van der Waals surface area contributed by atoms with Gasteiger partial charge in [-0.3, -0.25) is 0 Å². The first-order chi connectivity index (χ1) is 9.74. The fourth-order valence-electron chi connectivity index (χ4n) is 2.28. The Kier molecular flexibility index (Phi) is 3.83. The lowest BCUT2D eigenvalue weighted by Gasteiger charge is -2.29. The minimum absolute atomic E-state index is 0.201. The second kappa shape index (κ2) is 5.75. The van der Waals surface area contributed by atoms with Crippen LogP contribution in [0.2, 0.25) is 0 Å². The Morgan fingerprint density at radius 1 is 1.25 bits per heavy atom. The lowest BCUT2D eigenvalue weighted by molar-refractivity contribution is 0.242. The summed E-state index contributed by atoms with van der Waals surface area (Å²) in [4.78, 5) is 2.21. The highest BCUT2D eigenvalue weighted by atomic mass is 32.2. The zero-order valence-electron chi connectivity index (χ0n) is 11.7. The summed E-state index contributed by atoms with van der Waals surface area (Å²) in [5.41, 5.74) is 2.35. The number of benzene rings is 1. The monoisotopic (exact) mass is 286 g/mol. The molecule has 3 nitrogen and oxygen atoms in total. The van der Waals surface area contributed by atoms with Gasteiger partial charge in [0.25, 0.3) is 0 Å². The average Bonchev–Trinajstić information content (AvgIpc) is 2.47. The Balaban J connectivity index is 1.86. The van der Waals surface area contributed by atoms with E-state index in [1.54, 1.807) is 11.9 Å². The van der Waals surface area contributed by atoms with Crippen molar-refractivity contribution in [2.45, 2.75) is 20.0 Å². The Bertz CT molecular complexity index is 573. The highest BCUT2D eigenvalue weighted by Gasteiger charge is 2.21. The van der Waals surface area contributed by atoms with Crippen LogP contribution in [0.5, 0.6) is 5.75 Å². The van der Waals surface area contributed by atoms with Crippen molar-refractivity contribution in [2.75, 3.05) is 12.3 Å². The average molecular weight is 286 g/mol. The van der Waals surface area contributed by atoms with Crippen LogP contribution in [0.4, 0.5) is 0 Å². The highest BCUT2D eigenvalue weighted by Crippen LogP contribution is 2.28. The SMILES string of the molecule is CC(C)Oc1ccc(C2=CC=CN3CCSN=C23)cc1. The van der Waals surface area contributed by atoms with E-state index in [2.05, 4.69) is 39.8 Å². The van der Waals surface area contributed by atoms with E-state index in [0.717, 1.165) is 23.9 Å². The van der Waals surface area contributed by atoms with Gasteiger partial charge in [-0.2, -0.15) is 4.40 Å². The molecule has 0 unspecified atom stereocenters. The van der Waals surface area contributed by atoms with Crippen LogP contribution in [0, 0.1) is 0 Å². The molecular formula is C16H18N2OS. The Labute approximate surface area is 124 Å². The Morgan fingerprint density at radius 3 is 2.80 bits per heavy atom. The van der Waals surface area contributed by atoms with E-state index in [9.17, 15) is 0 Å². The zero-order valence-corrected chi connectivity index (χ0v) is 12.6. The van der Waals surface area contributed by atoms with Crippen molar-refractivity contribution in [3.63, 3.8) is 0 Å². The van der Waals surface area contributed by atoms with Gasteiger partial charge in [-0.15, -0.1) is 0 Å². The first kappa shape index (κ1) is 13.3. The van der Waals surface area contributed by atoms with Gasteiger partial charge in [-0.25, -0.2) is 0 Å². The summed E-state index contributed by atoms with van der Waals surface area (Å²) in [6.07, 6.45) is 6.51. The van der Waals surface area contributed by atoms with Crippen molar-refractivity contribution < 1.29 is 4.74 Å². The first-order valence-corrected chi connectivity index (χ1v) is 7.81. The van der Waals surface area contributed by atoms with Crippen LogP contribution in [0.15, 0.2) is 47.0 Å². The molecule has 0 spiro atoms. The lowest BCUT2D eigenvalue weighted by Crippen LogP contribution is -2.32. The third kappa shape index (κ3) is 2.75. The molecule has 0 N–H and O–H groups in total. The summed E-state index contributed by atoms with van der Waals surface area (Å²) in [6, 6.07) is 8.25. The van der Waals surface area contributed by atoms with E-state index in [4.69, 9.17) is 4.74 Å².